The van der Waals surface area contributed by atoms with Crippen LogP contribution in [-0.2, 0) is 10.0 Å². The van der Waals surface area contributed by atoms with E-state index < -0.39 is 53.2 Å². The first-order valence-corrected chi connectivity index (χ1v) is 10.3. The summed E-state index contributed by atoms with van der Waals surface area (Å²) in [6, 6.07) is 4.65. The van der Waals surface area contributed by atoms with Crippen LogP contribution in [0.4, 0.5) is 26.3 Å². The first-order chi connectivity index (χ1) is 13.3. The molecule has 0 aromatic heterocycles. The number of alkyl halides is 6. The third-order valence-electron chi connectivity index (χ3n) is 5.43. The van der Waals surface area contributed by atoms with Gasteiger partial charge in [-0.05, 0) is 37.5 Å². The highest BCUT2D eigenvalue weighted by Gasteiger charge is 2.72. The fourth-order valence-electron chi connectivity index (χ4n) is 3.66. The summed E-state index contributed by atoms with van der Waals surface area (Å²) in [7, 11) is -3.88. The molecule has 0 atom stereocenters. The van der Waals surface area contributed by atoms with Crippen molar-refractivity contribution < 1.29 is 39.6 Å². The molecule has 5 nitrogen and oxygen atoms in total. The van der Waals surface area contributed by atoms with Gasteiger partial charge in [-0.2, -0.15) is 30.6 Å². The van der Waals surface area contributed by atoms with Crippen molar-refractivity contribution in [2.75, 3.05) is 26.2 Å². The zero-order valence-corrected chi connectivity index (χ0v) is 15.9. The number of likely N-dealkylation sites (tertiary alicyclic amines) is 1. The van der Waals surface area contributed by atoms with Gasteiger partial charge in [-0.25, -0.2) is 8.42 Å². The molecule has 2 saturated heterocycles. The number of nitrogens with zero attached hydrogens (tertiary/aromatic N) is 2. The SMILES string of the molecule is O=C(c1cccc(S(=O)(=O)N2CCCC2)c1)N1CCC(C(F)(F)F)(C(F)(F)F)C1. The lowest BCUT2D eigenvalue weighted by molar-refractivity contribution is -0.334. The van der Waals surface area contributed by atoms with E-state index in [2.05, 4.69) is 0 Å². The maximum absolute atomic E-state index is 13.2. The van der Waals surface area contributed by atoms with Crippen molar-refractivity contribution in [3.8, 4) is 0 Å². The van der Waals surface area contributed by atoms with Gasteiger partial charge >= 0.3 is 12.4 Å². The van der Waals surface area contributed by atoms with Gasteiger partial charge in [0, 0.05) is 31.7 Å². The molecule has 0 aliphatic carbocycles. The summed E-state index contributed by atoms with van der Waals surface area (Å²) in [6.45, 7) is -1.67. The summed E-state index contributed by atoms with van der Waals surface area (Å²) in [4.78, 5) is 12.8. The largest absolute Gasteiger partial charge is 0.404 e. The molecule has 1 amide bonds. The van der Waals surface area contributed by atoms with Gasteiger partial charge in [0.1, 0.15) is 0 Å². The predicted octanol–water partition coefficient (Wildman–Crippen LogP) is 3.43. The van der Waals surface area contributed by atoms with E-state index >= 15 is 0 Å². The molecule has 2 aliphatic rings. The number of hydrogen-bond donors (Lipinski definition) is 0. The Morgan fingerprint density at radius 3 is 2.07 bits per heavy atom. The van der Waals surface area contributed by atoms with Crippen LogP contribution in [0.1, 0.15) is 29.6 Å². The van der Waals surface area contributed by atoms with Gasteiger partial charge in [-0.15, -0.1) is 0 Å². The highest BCUT2D eigenvalue weighted by atomic mass is 32.2. The highest BCUT2D eigenvalue weighted by molar-refractivity contribution is 7.89. The third-order valence-corrected chi connectivity index (χ3v) is 7.32. The number of benzene rings is 1. The van der Waals surface area contributed by atoms with Crippen LogP contribution in [0.3, 0.4) is 0 Å². The molecule has 0 spiro atoms. The van der Waals surface area contributed by atoms with E-state index in [0.717, 1.165) is 6.07 Å². The molecule has 0 bridgehead atoms. The summed E-state index contributed by atoms with van der Waals surface area (Å²) >= 11 is 0. The minimum atomic E-state index is -5.57. The van der Waals surface area contributed by atoms with Crippen molar-refractivity contribution in [2.45, 2.75) is 36.5 Å². The van der Waals surface area contributed by atoms with E-state index in [1.54, 1.807) is 0 Å². The summed E-state index contributed by atoms with van der Waals surface area (Å²) in [5, 5.41) is 0. The lowest BCUT2D eigenvalue weighted by Gasteiger charge is -2.33. The fraction of sp³-hybridized carbons (Fsp3) is 0.588. The Balaban J connectivity index is 1.87. The molecule has 2 aliphatic heterocycles. The van der Waals surface area contributed by atoms with Crippen molar-refractivity contribution in [1.82, 2.24) is 9.21 Å². The summed E-state index contributed by atoms with van der Waals surface area (Å²) in [5.74, 6) is -1.07. The van der Waals surface area contributed by atoms with Crippen LogP contribution in [0.15, 0.2) is 29.2 Å². The third kappa shape index (κ3) is 3.72. The normalized spacial score (nSPS) is 21.0. The average Bonchev–Trinajstić information content (AvgIpc) is 3.30. The second-order valence-corrected chi connectivity index (χ2v) is 9.13. The fourth-order valence-corrected chi connectivity index (χ4v) is 5.22. The van der Waals surface area contributed by atoms with Gasteiger partial charge in [0.2, 0.25) is 10.0 Å². The molecular formula is C17H18F6N2O3S. The smallest absolute Gasteiger partial charge is 0.337 e. The highest BCUT2D eigenvalue weighted by Crippen LogP contribution is 2.55. The van der Waals surface area contributed by atoms with Crippen LogP contribution in [0.5, 0.6) is 0 Å². The number of carbonyl (C=O) groups is 1. The first kappa shape index (κ1) is 21.9. The number of carbonyl (C=O) groups excluding carboxylic acids is 1. The number of halogens is 6. The number of rotatable bonds is 3. The van der Waals surface area contributed by atoms with Crippen molar-refractivity contribution in [3.63, 3.8) is 0 Å². The zero-order chi connectivity index (χ0) is 21.7. The molecule has 1 aromatic carbocycles. The Labute approximate surface area is 163 Å². The monoisotopic (exact) mass is 444 g/mol. The van der Waals surface area contributed by atoms with Crippen molar-refractivity contribution in [1.29, 1.82) is 0 Å². The molecule has 29 heavy (non-hydrogen) atoms. The minimum Gasteiger partial charge on any atom is -0.337 e. The van der Waals surface area contributed by atoms with Crippen molar-refractivity contribution >= 4 is 15.9 Å². The second kappa shape index (κ2) is 7.15. The number of hydrogen-bond acceptors (Lipinski definition) is 3. The maximum atomic E-state index is 13.2. The lowest BCUT2D eigenvalue weighted by atomic mass is 9.85. The van der Waals surface area contributed by atoms with Gasteiger partial charge in [0.05, 0.1) is 4.90 Å². The van der Waals surface area contributed by atoms with Gasteiger partial charge in [0.15, 0.2) is 5.41 Å². The Hall–Kier alpha value is -1.82. The Morgan fingerprint density at radius 1 is 0.966 bits per heavy atom. The Morgan fingerprint density at radius 2 is 1.55 bits per heavy atom. The summed E-state index contributed by atoms with van der Waals surface area (Å²) < 4.78 is 106. The molecule has 1 aromatic rings. The molecule has 0 saturated carbocycles. The minimum absolute atomic E-state index is 0.220. The first-order valence-electron chi connectivity index (χ1n) is 8.83. The van der Waals surface area contributed by atoms with Crippen LogP contribution in [0.25, 0.3) is 0 Å². The molecule has 12 heteroatoms. The van der Waals surface area contributed by atoms with Crippen LogP contribution >= 0.6 is 0 Å². The van der Waals surface area contributed by atoms with Crippen LogP contribution in [-0.4, -0.2) is 62.1 Å². The second-order valence-electron chi connectivity index (χ2n) is 7.19. The van der Waals surface area contributed by atoms with Gasteiger partial charge in [-0.3, -0.25) is 4.79 Å². The van der Waals surface area contributed by atoms with Gasteiger partial charge < -0.3 is 4.90 Å². The van der Waals surface area contributed by atoms with Crippen LogP contribution < -0.4 is 0 Å². The summed E-state index contributed by atoms with van der Waals surface area (Å²) in [5.41, 5.74) is -4.26. The predicted molar refractivity (Wildman–Crippen MR) is 89.5 cm³/mol. The number of sulfonamides is 1. The molecular weight excluding hydrogens is 426 g/mol. The quantitative estimate of drug-likeness (QED) is 0.672. The van der Waals surface area contributed by atoms with E-state index in [1.165, 1.54) is 22.5 Å². The zero-order valence-electron chi connectivity index (χ0n) is 15.1. The molecule has 0 N–H and O–H groups in total. The van der Waals surface area contributed by atoms with E-state index in [1.807, 2.05) is 0 Å². The topological polar surface area (TPSA) is 57.7 Å². The molecule has 0 radical (unpaired) electrons. The van der Waals surface area contributed by atoms with Crippen LogP contribution in [0, 0.1) is 5.41 Å². The number of amides is 1. The molecule has 162 valence electrons. The van der Waals surface area contributed by atoms with E-state index in [9.17, 15) is 39.6 Å². The van der Waals surface area contributed by atoms with Gasteiger partial charge in [0.25, 0.3) is 5.91 Å². The van der Waals surface area contributed by atoms with E-state index in [0.29, 0.717) is 30.8 Å². The molecule has 3 rings (SSSR count). The lowest BCUT2D eigenvalue weighted by Crippen LogP contribution is -2.52. The molecule has 0 unspecified atom stereocenters. The Bertz CT molecular complexity index is 877. The maximum Gasteiger partial charge on any atom is 0.404 e. The molecule has 2 heterocycles. The van der Waals surface area contributed by atoms with E-state index in [-0.39, 0.29) is 10.5 Å². The summed E-state index contributed by atoms with van der Waals surface area (Å²) in [6.07, 6.45) is -11.1. The van der Waals surface area contributed by atoms with Gasteiger partial charge in [-0.1, -0.05) is 6.07 Å². The van der Waals surface area contributed by atoms with E-state index in [4.69, 9.17) is 0 Å². The standard InChI is InChI=1S/C17H18F6N2O3S/c18-16(19,20)15(17(21,22)23)6-9-24(11-15)14(26)12-4-3-5-13(10-12)29(27,28)25-7-1-2-8-25/h3-5,10H,1-2,6-9,11H2. The van der Waals surface area contributed by atoms with Crippen molar-refractivity contribution in [2.24, 2.45) is 5.41 Å². The average molecular weight is 444 g/mol. The molecule has 2 fully saturated rings. The van der Waals surface area contributed by atoms with Crippen molar-refractivity contribution in [3.05, 3.63) is 29.8 Å². The van der Waals surface area contributed by atoms with Crippen LogP contribution in [0.2, 0.25) is 0 Å². The Kier molecular flexibility index (Phi) is 5.39.